The Bertz CT molecular complexity index is 1900. The van der Waals surface area contributed by atoms with Crippen molar-refractivity contribution in [3.8, 4) is 33.8 Å². The number of hydrogen-bond donors (Lipinski definition) is 0. The summed E-state index contributed by atoms with van der Waals surface area (Å²) in [5.41, 5.74) is 3.69. The molecule has 4 aromatic carbocycles. The molecule has 0 aliphatic heterocycles. The minimum Gasteiger partial charge on any atom is -0.305 e. The van der Waals surface area contributed by atoms with Crippen LogP contribution in [0.5, 0.6) is 0 Å². The molecule has 3 aromatic heterocycles. The van der Waals surface area contributed by atoms with Gasteiger partial charge < -0.3 is 15.0 Å². The summed E-state index contributed by atoms with van der Waals surface area (Å²) < 4.78 is 50.0. The number of alkyl halides is 3. The van der Waals surface area contributed by atoms with Gasteiger partial charge in [-0.05, 0) is 46.1 Å². The molecule has 47 heavy (non-hydrogen) atoms. The summed E-state index contributed by atoms with van der Waals surface area (Å²) in [4.78, 5) is 12.5. The van der Waals surface area contributed by atoms with Gasteiger partial charge in [0.25, 0.3) is 0 Å². The average molecular weight is 983 g/mol. The number of hydrogen-bond acceptors (Lipinski definition) is 3. The first-order chi connectivity index (χ1) is 21.9. The summed E-state index contributed by atoms with van der Waals surface area (Å²) in [6, 6.07) is 46.1. The average Bonchev–Trinajstić information content (AvgIpc) is 3.10. The van der Waals surface area contributed by atoms with E-state index < -0.39 is 17.6 Å². The van der Waals surface area contributed by atoms with E-state index in [4.69, 9.17) is 0 Å². The van der Waals surface area contributed by atoms with E-state index in [9.17, 15) is 17.6 Å². The van der Waals surface area contributed by atoms with Crippen molar-refractivity contribution in [2.45, 2.75) is 6.18 Å². The van der Waals surface area contributed by atoms with E-state index in [1.807, 2.05) is 91.1 Å². The van der Waals surface area contributed by atoms with Crippen LogP contribution in [-0.4, -0.2) is 15.0 Å². The van der Waals surface area contributed by atoms with Gasteiger partial charge in [0, 0.05) is 70.2 Å². The molecule has 240 valence electrons. The Morgan fingerprint density at radius 2 is 1.17 bits per heavy atom. The SMILES string of the molecule is Fc1c[c-]c(-c2cc(C(F)(F)F)ccn2)cc1.[Ir].[Ir].[c-]1ccccc1-c1ccccn1.[c-]1ccccc1-c1nccc2ccccc12. The quantitative estimate of drug-likeness (QED) is 0.131. The minimum atomic E-state index is -4.42. The van der Waals surface area contributed by atoms with Crippen LogP contribution in [0.2, 0.25) is 0 Å². The van der Waals surface area contributed by atoms with E-state index in [-0.39, 0.29) is 45.9 Å². The van der Waals surface area contributed by atoms with Crippen molar-refractivity contribution in [3.05, 3.63) is 176 Å². The molecule has 7 aromatic rings. The molecule has 0 bridgehead atoms. The second kappa shape index (κ2) is 18.1. The van der Waals surface area contributed by atoms with E-state index in [0.29, 0.717) is 5.56 Å². The normalized spacial score (nSPS) is 10.2. The van der Waals surface area contributed by atoms with Crippen molar-refractivity contribution in [2.75, 3.05) is 0 Å². The number of pyridine rings is 3. The van der Waals surface area contributed by atoms with Crippen molar-refractivity contribution in [1.29, 1.82) is 0 Å². The topological polar surface area (TPSA) is 38.7 Å². The fourth-order valence-electron chi connectivity index (χ4n) is 4.27. The van der Waals surface area contributed by atoms with Gasteiger partial charge in [0.15, 0.2) is 0 Å². The molecule has 0 aliphatic carbocycles. The molecule has 2 radical (unpaired) electrons. The fraction of sp³-hybridized carbons (Fsp3) is 0.0263. The molecule has 0 saturated carbocycles. The Kier molecular flexibility index (Phi) is 14.3. The van der Waals surface area contributed by atoms with Gasteiger partial charge in [-0.15, -0.1) is 102 Å². The first-order valence-corrected chi connectivity index (χ1v) is 13.8. The zero-order chi connectivity index (χ0) is 31.5. The first kappa shape index (κ1) is 37.1. The maximum atomic E-state index is 12.6. The molecule has 0 N–H and O–H groups in total. The molecule has 0 saturated heterocycles. The van der Waals surface area contributed by atoms with Gasteiger partial charge >= 0.3 is 6.18 Å². The number of fused-ring (bicyclic) bond motifs is 1. The maximum absolute atomic E-state index is 12.6. The zero-order valence-electron chi connectivity index (χ0n) is 24.4. The van der Waals surface area contributed by atoms with Gasteiger partial charge in [0.05, 0.1) is 0 Å². The van der Waals surface area contributed by atoms with Gasteiger partial charge in [-0.1, -0.05) is 42.5 Å². The second-order valence-corrected chi connectivity index (χ2v) is 9.50. The smallest absolute Gasteiger partial charge is 0.305 e. The Morgan fingerprint density at radius 1 is 0.532 bits per heavy atom. The molecule has 0 aliphatic rings. The largest absolute Gasteiger partial charge is 0.415 e. The third-order valence-electron chi connectivity index (χ3n) is 6.43. The Labute approximate surface area is 297 Å². The van der Waals surface area contributed by atoms with Crippen LogP contribution in [0, 0.1) is 24.0 Å². The van der Waals surface area contributed by atoms with E-state index in [0.717, 1.165) is 53.0 Å². The zero-order valence-corrected chi connectivity index (χ0v) is 29.2. The van der Waals surface area contributed by atoms with Crippen LogP contribution in [-0.2, 0) is 46.4 Å². The third-order valence-corrected chi connectivity index (χ3v) is 6.43. The van der Waals surface area contributed by atoms with Crippen LogP contribution in [0.15, 0.2) is 146 Å². The van der Waals surface area contributed by atoms with Crippen LogP contribution in [0.3, 0.4) is 0 Å². The number of rotatable bonds is 3. The molecular formula is C38H24F4Ir2N3-3. The van der Waals surface area contributed by atoms with Gasteiger partial charge in [0.1, 0.15) is 0 Å². The van der Waals surface area contributed by atoms with Gasteiger partial charge in [-0.3, -0.25) is 4.39 Å². The van der Waals surface area contributed by atoms with Gasteiger partial charge in [-0.25, -0.2) is 0 Å². The Hall–Kier alpha value is -4.39. The Morgan fingerprint density at radius 3 is 1.81 bits per heavy atom. The van der Waals surface area contributed by atoms with Crippen LogP contribution in [0.4, 0.5) is 17.6 Å². The van der Waals surface area contributed by atoms with Crippen molar-refractivity contribution < 1.29 is 57.8 Å². The number of halogens is 4. The van der Waals surface area contributed by atoms with Crippen molar-refractivity contribution in [1.82, 2.24) is 15.0 Å². The standard InChI is InChI=1S/C15H10N.C12H6F4N.C11H8N.2Ir/c1-2-7-13(8-3-1)15-14-9-5-4-6-12(14)10-11-16-15;13-10-3-1-8(2-4-10)11-7-9(5-6-17-11)12(14,15)16;1-2-6-10(7-3-1)11-8-4-5-9-12-11;;/h1-7,9-11H;1,3-7H;1-6,8-9H;;/q3*-1;;. The van der Waals surface area contributed by atoms with Crippen molar-refractivity contribution in [2.24, 2.45) is 0 Å². The number of aromatic nitrogens is 3. The summed E-state index contributed by atoms with van der Waals surface area (Å²) in [7, 11) is 0. The molecule has 7 rings (SSSR count). The molecule has 0 amide bonds. The molecule has 0 unspecified atom stereocenters. The van der Waals surface area contributed by atoms with Crippen LogP contribution >= 0.6 is 0 Å². The summed E-state index contributed by atoms with van der Waals surface area (Å²) >= 11 is 0. The van der Waals surface area contributed by atoms with Crippen molar-refractivity contribution in [3.63, 3.8) is 0 Å². The fourth-order valence-corrected chi connectivity index (χ4v) is 4.27. The molecular weight excluding hydrogens is 959 g/mol. The molecule has 0 atom stereocenters. The predicted octanol–water partition coefficient (Wildman–Crippen LogP) is 9.95. The minimum absolute atomic E-state index is 0. The predicted molar refractivity (Wildman–Crippen MR) is 168 cm³/mol. The molecule has 9 heteroatoms. The molecule has 3 nitrogen and oxygen atoms in total. The van der Waals surface area contributed by atoms with Crippen LogP contribution in [0.25, 0.3) is 44.5 Å². The van der Waals surface area contributed by atoms with E-state index in [2.05, 4.69) is 45.3 Å². The summed E-state index contributed by atoms with van der Waals surface area (Å²) in [5, 5.41) is 2.39. The molecule has 0 spiro atoms. The second-order valence-electron chi connectivity index (χ2n) is 9.50. The van der Waals surface area contributed by atoms with Crippen LogP contribution < -0.4 is 0 Å². The van der Waals surface area contributed by atoms with E-state index in [1.165, 1.54) is 16.8 Å². The maximum Gasteiger partial charge on any atom is 0.415 e. The van der Waals surface area contributed by atoms with E-state index >= 15 is 0 Å². The van der Waals surface area contributed by atoms with Crippen molar-refractivity contribution >= 4 is 10.8 Å². The summed E-state index contributed by atoms with van der Waals surface area (Å²) in [6.45, 7) is 0. The summed E-state index contributed by atoms with van der Waals surface area (Å²) in [6.07, 6.45) is 0.280. The van der Waals surface area contributed by atoms with Crippen LogP contribution in [0.1, 0.15) is 5.56 Å². The van der Waals surface area contributed by atoms with E-state index in [1.54, 1.807) is 6.20 Å². The number of benzene rings is 4. The third kappa shape index (κ3) is 10.6. The van der Waals surface area contributed by atoms with Gasteiger partial charge in [0.2, 0.25) is 0 Å². The first-order valence-electron chi connectivity index (χ1n) is 13.8. The van der Waals surface area contributed by atoms with Gasteiger partial charge in [-0.2, -0.15) is 13.2 Å². The summed E-state index contributed by atoms with van der Waals surface area (Å²) in [5.74, 6) is -0.499. The molecule has 0 fully saturated rings. The number of nitrogens with zero attached hydrogens (tertiary/aromatic N) is 3. The molecule has 3 heterocycles. The monoisotopic (exact) mass is 984 g/mol. The Balaban J connectivity index is 0.000000190.